The topological polar surface area (TPSA) is 79.0 Å². The molecule has 0 aromatic rings. The van der Waals surface area contributed by atoms with Crippen molar-refractivity contribution in [1.29, 1.82) is 5.41 Å². The van der Waals surface area contributed by atoms with E-state index in [-0.39, 0.29) is 16.8 Å². The van der Waals surface area contributed by atoms with Crippen LogP contribution in [0.25, 0.3) is 0 Å². The highest BCUT2D eigenvalue weighted by atomic mass is 32.2. The Balaban J connectivity index is 2.13. The highest BCUT2D eigenvalue weighted by molar-refractivity contribution is 8.14. The number of hydrogen-bond donors (Lipinski definition) is 3. The van der Waals surface area contributed by atoms with Crippen LogP contribution in [0, 0.1) is 5.41 Å². The van der Waals surface area contributed by atoms with Crippen LogP contribution >= 0.6 is 11.8 Å². The van der Waals surface area contributed by atoms with Gasteiger partial charge in [0.2, 0.25) is 5.91 Å². The molecule has 0 saturated heterocycles. The van der Waals surface area contributed by atoms with Gasteiger partial charge in [-0.2, -0.15) is 0 Å². The monoisotopic (exact) mass is 201 g/mol. The molecule has 4 N–H and O–H groups in total. The molecule has 13 heavy (non-hydrogen) atoms. The van der Waals surface area contributed by atoms with E-state index in [2.05, 4.69) is 5.32 Å². The lowest BCUT2D eigenvalue weighted by Crippen LogP contribution is -2.34. The van der Waals surface area contributed by atoms with E-state index in [1.54, 1.807) is 0 Å². The van der Waals surface area contributed by atoms with E-state index in [0.717, 1.165) is 24.6 Å². The molecule has 0 unspecified atom stereocenters. The summed E-state index contributed by atoms with van der Waals surface area (Å²) in [6.07, 6.45) is 4.61. The van der Waals surface area contributed by atoms with E-state index >= 15 is 0 Å². The maximum atomic E-state index is 11.2. The van der Waals surface area contributed by atoms with Crippen LogP contribution in [0.2, 0.25) is 0 Å². The summed E-state index contributed by atoms with van der Waals surface area (Å²) in [4.78, 5) is 11.2. The summed E-state index contributed by atoms with van der Waals surface area (Å²) in [6, 6.07) is 0.361. The third kappa shape index (κ3) is 4.17. The van der Waals surface area contributed by atoms with Crippen molar-refractivity contribution in [2.24, 2.45) is 5.73 Å². The van der Waals surface area contributed by atoms with Crippen molar-refractivity contribution >= 4 is 22.8 Å². The standard InChI is InChI=1S/C8H15N3OS/c9-8(10)13-5-7(12)11-6-3-1-2-4-6/h6H,1-5H2,(H3,9,10)(H,11,12). The third-order valence-corrected chi connectivity index (χ3v) is 2.80. The van der Waals surface area contributed by atoms with E-state index in [9.17, 15) is 4.79 Å². The fraction of sp³-hybridized carbons (Fsp3) is 0.750. The molecule has 0 spiro atoms. The highest BCUT2D eigenvalue weighted by Gasteiger charge is 2.16. The SMILES string of the molecule is N=C(N)SCC(=O)NC1CCCC1. The molecule has 0 atom stereocenters. The molecule has 4 nitrogen and oxygen atoms in total. The Kier molecular flexibility index (Phi) is 4.08. The zero-order chi connectivity index (χ0) is 9.68. The number of rotatable bonds is 3. The Hall–Kier alpha value is -0.710. The molecule has 1 rings (SSSR count). The number of amidine groups is 1. The quantitative estimate of drug-likeness (QED) is 0.464. The van der Waals surface area contributed by atoms with Gasteiger partial charge >= 0.3 is 0 Å². The number of thioether (sulfide) groups is 1. The molecule has 1 aliphatic rings. The molecule has 0 bridgehead atoms. The molecule has 0 radical (unpaired) electrons. The van der Waals surface area contributed by atoms with Crippen molar-refractivity contribution in [2.75, 3.05) is 5.75 Å². The Morgan fingerprint density at radius 2 is 2.15 bits per heavy atom. The van der Waals surface area contributed by atoms with Crippen molar-refractivity contribution in [3.8, 4) is 0 Å². The number of hydrogen-bond acceptors (Lipinski definition) is 3. The molecule has 0 aliphatic heterocycles. The largest absolute Gasteiger partial charge is 0.379 e. The number of nitrogens with two attached hydrogens (primary N) is 1. The molecule has 0 aromatic heterocycles. The maximum absolute atomic E-state index is 11.2. The van der Waals surface area contributed by atoms with Crippen LogP contribution in [0.4, 0.5) is 0 Å². The summed E-state index contributed by atoms with van der Waals surface area (Å²) in [5.74, 6) is 0.262. The minimum atomic E-state index is -0.00731. The molecule has 1 amide bonds. The van der Waals surface area contributed by atoms with Crippen molar-refractivity contribution in [1.82, 2.24) is 5.32 Å². The van der Waals surface area contributed by atoms with Crippen molar-refractivity contribution < 1.29 is 4.79 Å². The first-order chi connectivity index (χ1) is 6.18. The van der Waals surface area contributed by atoms with Gasteiger partial charge in [0.25, 0.3) is 0 Å². The number of nitrogens with one attached hydrogen (secondary N) is 2. The summed E-state index contributed by atoms with van der Waals surface area (Å²) in [6.45, 7) is 0. The first-order valence-electron chi connectivity index (χ1n) is 4.44. The molecule has 74 valence electrons. The van der Waals surface area contributed by atoms with Crippen LogP contribution in [-0.2, 0) is 4.79 Å². The van der Waals surface area contributed by atoms with Crippen molar-refractivity contribution in [2.45, 2.75) is 31.7 Å². The number of amides is 1. The van der Waals surface area contributed by atoms with E-state index in [0.29, 0.717) is 6.04 Å². The minimum Gasteiger partial charge on any atom is -0.379 e. The summed E-state index contributed by atoms with van der Waals surface area (Å²) < 4.78 is 0. The van der Waals surface area contributed by atoms with Crippen LogP contribution in [0.15, 0.2) is 0 Å². The zero-order valence-corrected chi connectivity index (χ0v) is 8.32. The van der Waals surface area contributed by atoms with E-state index in [1.165, 1.54) is 12.8 Å². The second-order valence-corrected chi connectivity index (χ2v) is 4.22. The smallest absolute Gasteiger partial charge is 0.230 e. The van der Waals surface area contributed by atoms with E-state index in [1.807, 2.05) is 0 Å². The Morgan fingerprint density at radius 3 is 2.69 bits per heavy atom. The first-order valence-corrected chi connectivity index (χ1v) is 5.43. The van der Waals surface area contributed by atoms with Gasteiger partial charge in [0.05, 0.1) is 5.75 Å². The summed E-state index contributed by atoms with van der Waals surface area (Å²) in [7, 11) is 0. The average Bonchev–Trinajstić information content (AvgIpc) is 2.53. The lowest BCUT2D eigenvalue weighted by atomic mass is 10.2. The predicted octanol–water partition coefficient (Wildman–Crippen LogP) is 0.672. The molecular formula is C8H15N3OS. The van der Waals surface area contributed by atoms with Crippen molar-refractivity contribution in [3.63, 3.8) is 0 Å². The number of carbonyl (C=O) groups is 1. The van der Waals surface area contributed by atoms with Gasteiger partial charge in [-0.3, -0.25) is 10.2 Å². The van der Waals surface area contributed by atoms with Crippen LogP contribution in [-0.4, -0.2) is 22.9 Å². The average molecular weight is 201 g/mol. The normalized spacial score (nSPS) is 17.2. The van der Waals surface area contributed by atoms with Gasteiger partial charge < -0.3 is 11.1 Å². The van der Waals surface area contributed by atoms with Gasteiger partial charge in [0.15, 0.2) is 5.17 Å². The molecule has 0 heterocycles. The zero-order valence-electron chi connectivity index (χ0n) is 7.51. The molecular weight excluding hydrogens is 186 g/mol. The lowest BCUT2D eigenvalue weighted by Gasteiger charge is -2.10. The Morgan fingerprint density at radius 1 is 1.54 bits per heavy atom. The second-order valence-electron chi connectivity index (χ2n) is 3.20. The third-order valence-electron chi connectivity index (χ3n) is 2.08. The lowest BCUT2D eigenvalue weighted by molar-refractivity contribution is -0.119. The van der Waals surface area contributed by atoms with Gasteiger partial charge in [0, 0.05) is 6.04 Å². The van der Waals surface area contributed by atoms with E-state index in [4.69, 9.17) is 11.1 Å². The molecule has 5 heteroatoms. The van der Waals surface area contributed by atoms with Crippen molar-refractivity contribution in [3.05, 3.63) is 0 Å². The van der Waals surface area contributed by atoms with Gasteiger partial charge in [-0.15, -0.1) is 0 Å². The Bertz CT molecular complexity index is 202. The van der Waals surface area contributed by atoms with E-state index < -0.39 is 0 Å². The first kappa shape index (κ1) is 10.4. The molecule has 0 aromatic carbocycles. The van der Waals surface area contributed by atoms with Gasteiger partial charge in [-0.05, 0) is 12.8 Å². The van der Waals surface area contributed by atoms with Gasteiger partial charge in [0.1, 0.15) is 0 Å². The maximum Gasteiger partial charge on any atom is 0.230 e. The fourth-order valence-corrected chi connectivity index (χ4v) is 1.85. The number of carbonyl (C=O) groups excluding carboxylic acids is 1. The minimum absolute atomic E-state index is 0.00146. The van der Waals surface area contributed by atoms with Crippen LogP contribution in [0.5, 0.6) is 0 Å². The highest BCUT2D eigenvalue weighted by Crippen LogP contribution is 2.17. The van der Waals surface area contributed by atoms with Gasteiger partial charge in [-0.25, -0.2) is 0 Å². The van der Waals surface area contributed by atoms with Crippen LogP contribution in [0.3, 0.4) is 0 Å². The molecule has 1 saturated carbocycles. The summed E-state index contributed by atoms with van der Waals surface area (Å²) >= 11 is 1.07. The predicted molar refractivity (Wildman–Crippen MR) is 54.8 cm³/mol. The molecule has 1 fully saturated rings. The fourth-order valence-electron chi connectivity index (χ4n) is 1.48. The summed E-state index contributed by atoms with van der Waals surface area (Å²) in [5, 5.41) is 9.86. The van der Waals surface area contributed by atoms with Gasteiger partial charge in [-0.1, -0.05) is 24.6 Å². The molecule has 1 aliphatic carbocycles. The van der Waals surface area contributed by atoms with Crippen LogP contribution < -0.4 is 11.1 Å². The Labute approximate surface area is 82.1 Å². The second kappa shape index (κ2) is 5.11. The summed E-state index contributed by atoms with van der Waals surface area (Å²) in [5.41, 5.74) is 5.12. The van der Waals surface area contributed by atoms with Crippen LogP contribution in [0.1, 0.15) is 25.7 Å².